The highest BCUT2D eigenvalue weighted by atomic mass is 32.2. The summed E-state index contributed by atoms with van der Waals surface area (Å²) in [5, 5.41) is 10.2. The number of amides is 2. The van der Waals surface area contributed by atoms with Crippen LogP contribution in [0.2, 0.25) is 0 Å². The van der Waals surface area contributed by atoms with E-state index in [2.05, 4.69) is 16.0 Å². The van der Waals surface area contributed by atoms with Crippen LogP contribution in [-0.2, 0) is 14.3 Å². The Balaban J connectivity index is 1.49. The molecule has 2 aliphatic heterocycles. The van der Waals surface area contributed by atoms with E-state index in [1.165, 1.54) is 11.8 Å². The van der Waals surface area contributed by atoms with Gasteiger partial charge in [0.2, 0.25) is 11.8 Å². The van der Waals surface area contributed by atoms with Gasteiger partial charge in [0.05, 0.1) is 34.6 Å². The molecule has 0 aromatic heterocycles. The monoisotopic (exact) mass is 552 g/mol. The Hall–Kier alpha value is -4.30. The summed E-state index contributed by atoms with van der Waals surface area (Å²) in [6.45, 7) is 8.22. The minimum absolute atomic E-state index is 0.122. The van der Waals surface area contributed by atoms with Crippen molar-refractivity contribution in [1.29, 1.82) is 0 Å². The van der Waals surface area contributed by atoms with Gasteiger partial charge in [-0.25, -0.2) is 4.99 Å². The zero-order valence-electron chi connectivity index (χ0n) is 23.0. The van der Waals surface area contributed by atoms with E-state index in [0.717, 1.165) is 38.7 Å². The molecule has 0 radical (unpaired) electrons. The van der Waals surface area contributed by atoms with E-state index in [-0.39, 0.29) is 17.6 Å². The quantitative estimate of drug-likeness (QED) is 0.309. The number of thioether (sulfide) groups is 1. The number of nitrogens with one attached hydrogen (secondary N) is 3. The average Bonchev–Trinajstić information content (AvgIpc) is 2.93. The van der Waals surface area contributed by atoms with Gasteiger partial charge in [-0.1, -0.05) is 65.9 Å². The number of anilines is 2. The first-order valence-electron chi connectivity index (χ1n) is 13.2. The highest BCUT2D eigenvalue weighted by Crippen LogP contribution is 2.48. The van der Waals surface area contributed by atoms with Crippen molar-refractivity contribution in [2.75, 3.05) is 23.0 Å². The molecular formula is C32H32N4O3S. The minimum atomic E-state index is -0.412. The largest absolute Gasteiger partial charge is 0.478 e. The SMILES string of the molecule is CCOC1=Nc2ccccc2C2C(C(=O)Nc3ccccc3)=C(C)NC(SCC(=O)Nc3ccc(C)cc3C)=C12. The molecule has 1 unspecified atom stereocenters. The fraction of sp³-hybridized carbons (Fsp3) is 0.219. The molecule has 0 saturated heterocycles. The van der Waals surface area contributed by atoms with Crippen molar-refractivity contribution in [1.82, 2.24) is 5.32 Å². The van der Waals surface area contributed by atoms with Gasteiger partial charge in [-0.15, -0.1) is 0 Å². The fourth-order valence-corrected chi connectivity index (χ4v) is 5.92. The second-order valence-electron chi connectivity index (χ2n) is 9.72. The normalized spacial score (nSPS) is 15.9. The number of ether oxygens (including phenoxy) is 1. The average molecular weight is 553 g/mol. The van der Waals surface area contributed by atoms with Gasteiger partial charge in [0.25, 0.3) is 5.91 Å². The molecule has 3 aromatic rings. The smallest absolute Gasteiger partial charge is 0.254 e. The van der Waals surface area contributed by atoms with Crippen LogP contribution in [0.15, 0.2) is 99.7 Å². The molecule has 2 aliphatic rings. The Labute approximate surface area is 238 Å². The zero-order chi connectivity index (χ0) is 28.2. The molecule has 3 N–H and O–H groups in total. The third-order valence-electron chi connectivity index (χ3n) is 6.79. The number of carbonyl (C=O) groups is 2. The molecule has 40 heavy (non-hydrogen) atoms. The van der Waals surface area contributed by atoms with Crippen molar-refractivity contribution in [3.8, 4) is 0 Å². The number of fused-ring (bicyclic) bond motifs is 3. The van der Waals surface area contributed by atoms with Crippen LogP contribution in [0.4, 0.5) is 17.1 Å². The number of para-hydroxylation sites is 2. The highest BCUT2D eigenvalue weighted by molar-refractivity contribution is 8.03. The predicted molar refractivity (Wildman–Crippen MR) is 163 cm³/mol. The summed E-state index contributed by atoms with van der Waals surface area (Å²) in [6.07, 6.45) is 0. The van der Waals surface area contributed by atoms with E-state index in [1.807, 2.05) is 100 Å². The van der Waals surface area contributed by atoms with Crippen LogP contribution < -0.4 is 16.0 Å². The Kier molecular flexibility index (Phi) is 8.07. The lowest BCUT2D eigenvalue weighted by Crippen LogP contribution is -2.35. The van der Waals surface area contributed by atoms with Crippen molar-refractivity contribution < 1.29 is 14.3 Å². The van der Waals surface area contributed by atoms with Gasteiger partial charge in [-0.2, -0.15) is 0 Å². The number of carbonyl (C=O) groups excluding carboxylic acids is 2. The van der Waals surface area contributed by atoms with E-state index < -0.39 is 5.92 Å². The third-order valence-corrected chi connectivity index (χ3v) is 7.81. The van der Waals surface area contributed by atoms with Gasteiger partial charge in [-0.05, 0) is 63.1 Å². The first kappa shape index (κ1) is 27.3. The van der Waals surface area contributed by atoms with E-state index >= 15 is 0 Å². The Morgan fingerprint density at radius 2 is 1.73 bits per heavy atom. The Morgan fingerprint density at radius 1 is 0.975 bits per heavy atom. The first-order chi connectivity index (χ1) is 19.4. The van der Waals surface area contributed by atoms with Crippen LogP contribution in [0, 0.1) is 13.8 Å². The summed E-state index contributed by atoms with van der Waals surface area (Å²) in [5.74, 6) is -0.114. The Morgan fingerprint density at radius 3 is 2.48 bits per heavy atom. The molecule has 0 fully saturated rings. The fourth-order valence-electron chi connectivity index (χ4n) is 4.99. The minimum Gasteiger partial charge on any atom is -0.478 e. The number of aryl methyl sites for hydroxylation is 2. The predicted octanol–water partition coefficient (Wildman–Crippen LogP) is 6.57. The van der Waals surface area contributed by atoms with Crippen LogP contribution in [0.5, 0.6) is 0 Å². The van der Waals surface area contributed by atoms with E-state index in [9.17, 15) is 9.59 Å². The van der Waals surface area contributed by atoms with Crippen molar-refractivity contribution in [3.05, 3.63) is 111 Å². The van der Waals surface area contributed by atoms with Crippen LogP contribution in [0.3, 0.4) is 0 Å². The van der Waals surface area contributed by atoms with Gasteiger partial charge < -0.3 is 20.7 Å². The van der Waals surface area contributed by atoms with E-state index in [1.54, 1.807) is 0 Å². The lowest BCUT2D eigenvalue weighted by atomic mass is 9.79. The topological polar surface area (TPSA) is 91.8 Å². The summed E-state index contributed by atoms with van der Waals surface area (Å²) in [7, 11) is 0. The second kappa shape index (κ2) is 11.8. The van der Waals surface area contributed by atoms with Crippen LogP contribution in [0.25, 0.3) is 0 Å². The molecule has 2 heterocycles. The van der Waals surface area contributed by atoms with Gasteiger partial charge in [-0.3, -0.25) is 9.59 Å². The van der Waals surface area contributed by atoms with Crippen molar-refractivity contribution in [3.63, 3.8) is 0 Å². The van der Waals surface area contributed by atoms with Crippen molar-refractivity contribution in [2.24, 2.45) is 4.99 Å². The molecule has 0 saturated carbocycles. The number of benzene rings is 3. The second-order valence-corrected chi connectivity index (χ2v) is 10.7. The van der Waals surface area contributed by atoms with E-state index in [0.29, 0.717) is 29.5 Å². The van der Waals surface area contributed by atoms with E-state index in [4.69, 9.17) is 9.73 Å². The number of dihydropyridines is 1. The molecule has 2 amide bonds. The maximum atomic E-state index is 13.8. The Bertz CT molecular complexity index is 1560. The lowest BCUT2D eigenvalue weighted by molar-refractivity contribution is -0.114. The number of hydrogen-bond donors (Lipinski definition) is 3. The summed E-state index contributed by atoms with van der Waals surface area (Å²) in [6, 6.07) is 23.1. The molecule has 0 spiro atoms. The van der Waals surface area contributed by atoms with Gasteiger partial charge in [0.15, 0.2) is 0 Å². The summed E-state index contributed by atoms with van der Waals surface area (Å²) in [5.41, 5.74) is 7.40. The molecule has 3 aromatic carbocycles. The number of allylic oxidation sites excluding steroid dienone is 1. The number of hydrogen-bond acceptors (Lipinski definition) is 6. The van der Waals surface area contributed by atoms with Crippen LogP contribution in [0.1, 0.15) is 36.5 Å². The summed E-state index contributed by atoms with van der Waals surface area (Å²) < 4.78 is 6.03. The molecule has 8 heteroatoms. The number of nitrogens with zero attached hydrogens (tertiary/aromatic N) is 1. The maximum Gasteiger partial charge on any atom is 0.254 e. The van der Waals surface area contributed by atoms with Gasteiger partial charge >= 0.3 is 0 Å². The molecule has 0 bridgehead atoms. The molecule has 7 nitrogen and oxygen atoms in total. The molecular weight excluding hydrogens is 520 g/mol. The number of aliphatic imine (C=N–C) groups is 1. The summed E-state index contributed by atoms with van der Waals surface area (Å²) >= 11 is 1.37. The lowest BCUT2D eigenvalue weighted by Gasteiger charge is -2.35. The highest BCUT2D eigenvalue weighted by Gasteiger charge is 2.41. The zero-order valence-corrected chi connectivity index (χ0v) is 23.8. The van der Waals surface area contributed by atoms with Crippen LogP contribution in [-0.4, -0.2) is 30.1 Å². The molecule has 1 atom stereocenters. The van der Waals surface area contributed by atoms with Gasteiger partial charge in [0, 0.05) is 22.6 Å². The number of rotatable bonds is 7. The van der Waals surface area contributed by atoms with Crippen LogP contribution >= 0.6 is 11.8 Å². The van der Waals surface area contributed by atoms with Crippen molar-refractivity contribution in [2.45, 2.75) is 33.6 Å². The third kappa shape index (κ3) is 5.67. The molecule has 5 rings (SSSR count). The standard InChI is InChI=1S/C32H32N4O3S/c1-5-39-31-29-28(23-13-9-10-14-25(23)36-31)27(30(38)34-22-11-7-6-8-12-22)21(4)33-32(29)40-18-26(37)35-24-16-15-19(2)17-20(24)3/h6-17,28,33H,5,18H2,1-4H3,(H,34,38)(H,35,37). The van der Waals surface area contributed by atoms with Crippen molar-refractivity contribution >= 4 is 46.5 Å². The summed E-state index contributed by atoms with van der Waals surface area (Å²) in [4.78, 5) is 31.6. The van der Waals surface area contributed by atoms with Gasteiger partial charge in [0.1, 0.15) is 0 Å². The maximum absolute atomic E-state index is 13.8. The molecule has 0 aliphatic carbocycles. The molecule has 204 valence electrons. The first-order valence-corrected chi connectivity index (χ1v) is 14.2.